The topological polar surface area (TPSA) is 70.1 Å². The Kier molecular flexibility index (Phi) is 8.21. The van der Waals surface area contributed by atoms with Crippen molar-refractivity contribution in [3.8, 4) is 11.1 Å². The van der Waals surface area contributed by atoms with Crippen LogP contribution in [-0.2, 0) is 16.1 Å². The molecule has 3 aromatic carbocycles. The van der Waals surface area contributed by atoms with Crippen molar-refractivity contribution >= 4 is 12.0 Å². The summed E-state index contributed by atoms with van der Waals surface area (Å²) >= 11 is 0. The van der Waals surface area contributed by atoms with Gasteiger partial charge >= 0.3 is 6.09 Å². The van der Waals surface area contributed by atoms with E-state index in [1.807, 2.05) is 62.1 Å². The van der Waals surface area contributed by atoms with Gasteiger partial charge in [-0.1, -0.05) is 72.8 Å². The molecule has 0 bridgehead atoms. The highest BCUT2D eigenvalue weighted by atomic mass is 16.6. The molecule has 6 nitrogen and oxygen atoms in total. The van der Waals surface area contributed by atoms with Gasteiger partial charge in [0, 0.05) is 25.0 Å². The van der Waals surface area contributed by atoms with Crippen LogP contribution in [0.15, 0.2) is 72.8 Å². The number of rotatable bonds is 6. The van der Waals surface area contributed by atoms with Crippen LogP contribution in [0.4, 0.5) is 4.79 Å². The molecule has 2 amide bonds. The van der Waals surface area contributed by atoms with Crippen molar-refractivity contribution in [1.29, 1.82) is 0 Å². The Morgan fingerprint density at radius 1 is 0.976 bits per heavy atom. The molecule has 1 saturated carbocycles. The van der Waals surface area contributed by atoms with Gasteiger partial charge in [0.15, 0.2) is 0 Å². The lowest BCUT2D eigenvalue weighted by molar-refractivity contribution is -0.146. The van der Waals surface area contributed by atoms with Gasteiger partial charge < -0.3 is 19.6 Å². The Labute approximate surface area is 250 Å². The zero-order valence-corrected chi connectivity index (χ0v) is 25.8. The van der Waals surface area contributed by atoms with E-state index in [1.54, 1.807) is 6.92 Å². The fourth-order valence-electron chi connectivity index (χ4n) is 6.30. The number of aliphatic hydroxyl groups is 1. The number of hydrogen-bond acceptors (Lipinski definition) is 4. The molecule has 1 N–H and O–H groups in total. The summed E-state index contributed by atoms with van der Waals surface area (Å²) in [6.07, 6.45) is 1.41. The van der Waals surface area contributed by atoms with Crippen LogP contribution < -0.4 is 0 Å². The molecule has 1 aliphatic carbocycles. The van der Waals surface area contributed by atoms with E-state index in [0.717, 1.165) is 35.1 Å². The molecule has 42 heavy (non-hydrogen) atoms. The highest BCUT2D eigenvalue weighted by Crippen LogP contribution is 2.44. The minimum Gasteiger partial charge on any atom is -0.444 e. The number of piperidine rings is 1. The molecule has 5 rings (SSSR count). The third-order valence-corrected chi connectivity index (χ3v) is 8.65. The summed E-state index contributed by atoms with van der Waals surface area (Å²) in [5.74, 6) is -1.17. The van der Waals surface area contributed by atoms with Gasteiger partial charge in [0.1, 0.15) is 5.60 Å². The summed E-state index contributed by atoms with van der Waals surface area (Å²) < 4.78 is 5.71. The van der Waals surface area contributed by atoms with Crippen molar-refractivity contribution in [3.63, 3.8) is 0 Å². The molecule has 1 heterocycles. The highest BCUT2D eigenvalue weighted by molar-refractivity contribution is 5.83. The van der Waals surface area contributed by atoms with Gasteiger partial charge in [0.2, 0.25) is 5.91 Å². The first-order valence-corrected chi connectivity index (χ1v) is 15.1. The summed E-state index contributed by atoms with van der Waals surface area (Å²) in [4.78, 5) is 31.5. The number of likely N-dealkylation sites (tertiary alicyclic amines) is 1. The van der Waals surface area contributed by atoms with Crippen molar-refractivity contribution in [1.82, 2.24) is 9.80 Å². The van der Waals surface area contributed by atoms with Crippen molar-refractivity contribution in [3.05, 3.63) is 95.1 Å². The second kappa shape index (κ2) is 11.6. The molecule has 222 valence electrons. The number of aryl methyl sites for hydroxylation is 1. The van der Waals surface area contributed by atoms with Crippen molar-refractivity contribution in [2.75, 3.05) is 13.1 Å². The molecule has 3 atom stereocenters. The minimum absolute atomic E-state index is 0.0259. The molecule has 6 heteroatoms. The summed E-state index contributed by atoms with van der Waals surface area (Å²) in [6.45, 7) is 12.2. The van der Waals surface area contributed by atoms with Crippen molar-refractivity contribution in [2.24, 2.45) is 5.92 Å². The van der Waals surface area contributed by atoms with Crippen molar-refractivity contribution < 1.29 is 19.4 Å². The van der Waals surface area contributed by atoms with Crippen LogP contribution in [0.5, 0.6) is 0 Å². The number of carbonyl (C=O) groups excluding carboxylic acids is 2. The van der Waals surface area contributed by atoms with Crippen LogP contribution in [0.25, 0.3) is 11.1 Å². The van der Waals surface area contributed by atoms with Gasteiger partial charge in [0.25, 0.3) is 0 Å². The van der Waals surface area contributed by atoms with Crippen LogP contribution in [-0.4, -0.2) is 57.2 Å². The maximum atomic E-state index is 14.7. The number of β-amino-alcohol motifs (C(OH)–C–C–N with tert-alkyl or cyclic N) is 1. The molecular formula is C36H44N2O4. The highest BCUT2D eigenvalue weighted by Gasteiger charge is 2.51. The van der Waals surface area contributed by atoms with E-state index in [9.17, 15) is 14.7 Å². The normalized spacial score (nSPS) is 22.5. The summed E-state index contributed by atoms with van der Waals surface area (Å²) in [5.41, 5.74) is 4.46. The molecule has 3 aromatic rings. The molecule has 0 unspecified atom stereocenters. The lowest BCUT2D eigenvalue weighted by Crippen LogP contribution is -2.60. The van der Waals surface area contributed by atoms with Gasteiger partial charge in [-0.25, -0.2) is 4.79 Å². The number of amides is 2. The lowest BCUT2D eigenvalue weighted by Gasteiger charge is -2.48. The summed E-state index contributed by atoms with van der Waals surface area (Å²) in [5, 5.41) is 12.1. The van der Waals surface area contributed by atoms with E-state index in [1.165, 1.54) is 16.0 Å². The van der Waals surface area contributed by atoms with Crippen LogP contribution in [0.2, 0.25) is 0 Å². The molecule has 0 radical (unpaired) electrons. The molecular weight excluding hydrogens is 524 g/mol. The van der Waals surface area contributed by atoms with Crippen LogP contribution in [0.1, 0.15) is 68.7 Å². The van der Waals surface area contributed by atoms with E-state index in [-0.39, 0.29) is 25.0 Å². The number of ether oxygens (including phenoxy) is 1. The maximum Gasteiger partial charge on any atom is 0.410 e. The first-order valence-electron chi connectivity index (χ1n) is 15.1. The fraction of sp³-hybridized carbons (Fsp3) is 0.444. The second-order valence-electron chi connectivity index (χ2n) is 13.4. The zero-order valence-electron chi connectivity index (χ0n) is 25.8. The largest absolute Gasteiger partial charge is 0.444 e. The van der Waals surface area contributed by atoms with E-state index in [2.05, 4.69) is 50.2 Å². The molecule has 0 aromatic heterocycles. The maximum absolute atomic E-state index is 14.7. The van der Waals surface area contributed by atoms with Gasteiger partial charge in [0.05, 0.1) is 18.1 Å². The molecule has 2 aliphatic rings. The first kappa shape index (κ1) is 29.8. The molecule has 2 fully saturated rings. The van der Waals surface area contributed by atoms with Gasteiger partial charge in [-0.3, -0.25) is 4.79 Å². The Morgan fingerprint density at radius 2 is 1.64 bits per heavy atom. The monoisotopic (exact) mass is 568 g/mol. The Morgan fingerprint density at radius 3 is 2.31 bits per heavy atom. The first-order chi connectivity index (χ1) is 19.8. The fourth-order valence-corrected chi connectivity index (χ4v) is 6.30. The predicted octanol–water partition coefficient (Wildman–Crippen LogP) is 6.86. The van der Waals surface area contributed by atoms with Crippen LogP contribution in [0, 0.1) is 19.8 Å². The molecule has 1 aliphatic heterocycles. The smallest absolute Gasteiger partial charge is 0.410 e. The summed E-state index contributed by atoms with van der Waals surface area (Å²) in [7, 11) is 0. The zero-order chi connectivity index (χ0) is 30.2. The van der Waals surface area contributed by atoms with E-state index >= 15 is 0 Å². The second-order valence-corrected chi connectivity index (χ2v) is 13.4. The number of nitrogens with zero attached hydrogens (tertiary/aromatic N) is 2. The van der Waals surface area contributed by atoms with Crippen LogP contribution >= 0.6 is 0 Å². The SMILES string of the molecule is Cc1cccc(CN(C(=O)[C@H]2CN(C(=O)OC(C)(C)C)C[C@@](C)(O)[C@@H]2c2cccc(-c3ccccc3)c2)C2CC2)c1C. The number of hydrogen-bond donors (Lipinski definition) is 1. The van der Waals surface area contributed by atoms with Crippen LogP contribution in [0.3, 0.4) is 0 Å². The molecule has 0 spiro atoms. The third kappa shape index (κ3) is 6.54. The Bertz CT molecular complexity index is 1440. The lowest BCUT2D eigenvalue weighted by atomic mass is 9.70. The Hall–Kier alpha value is -3.64. The van der Waals surface area contributed by atoms with Gasteiger partial charge in [-0.15, -0.1) is 0 Å². The average molecular weight is 569 g/mol. The third-order valence-electron chi connectivity index (χ3n) is 8.65. The van der Waals surface area contributed by atoms with Gasteiger partial charge in [-0.2, -0.15) is 0 Å². The summed E-state index contributed by atoms with van der Waals surface area (Å²) in [6, 6.07) is 24.6. The predicted molar refractivity (Wildman–Crippen MR) is 166 cm³/mol. The number of carbonyl (C=O) groups is 2. The number of benzene rings is 3. The van der Waals surface area contributed by atoms with Crippen molar-refractivity contribution in [2.45, 2.75) is 84.1 Å². The Balaban J connectivity index is 1.55. The molecule has 1 saturated heterocycles. The minimum atomic E-state index is -1.36. The quantitative estimate of drug-likeness (QED) is 0.353. The average Bonchev–Trinajstić information content (AvgIpc) is 3.77. The van der Waals surface area contributed by atoms with E-state index in [0.29, 0.717) is 6.54 Å². The van der Waals surface area contributed by atoms with E-state index in [4.69, 9.17) is 4.74 Å². The van der Waals surface area contributed by atoms with Gasteiger partial charge in [-0.05, 0) is 87.8 Å². The standard InChI is InChI=1S/C36H44N2O4/c1-24-12-10-17-29(25(24)2)21-38(30-18-19-30)33(39)31-22-37(34(40)42-35(3,4)5)23-36(6,41)32(31)28-16-11-15-27(20-28)26-13-8-7-9-14-26/h7-17,20,30-32,41H,18-19,21-23H2,1-6H3/t31-,32+,36+/m0/s1. The van der Waals surface area contributed by atoms with E-state index < -0.39 is 29.1 Å².